The van der Waals surface area contributed by atoms with Crippen molar-refractivity contribution in [3.05, 3.63) is 23.8 Å². The molecule has 3 rings (SSSR count). The SMILES string of the molecule is CCN(CC)S(=O)(=O)c1ccc(N2CCCC2)c(C(=O)NC2CCSCC2)c1. The first kappa shape index (κ1) is 21.5. The molecule has 8 heteroatoms. The summed E-state index contributed by atoms with van der Waals surface area (Å²) >= 11 is 1.91. The Kier molecular flexibility index (Phi) is 7.28. The zero-order chi connectivity index (χ0) is 20.1. The number of sulfonamides is 1. The molecule has 2 aliphatic rings. The van der Waals surface area contributed by atoms with Crippen molar-refractivity contribution >= 4 is 33.4 Å². The number of rotatable bonds is 7. The van der Waals surface area contributed by atoms with Crippen molar-refractivity contribution in [2.24, 2.45) is 0 Å². The highest BCUT2D eigenvalue weighted by Crippen LogP contribution is 2.29. The van der Waals surface area contributed by atoms with Gasteiger partial charge in [0.2, 0.25) is 10.0 Å². The van der Waals surface area contributed by atoms with E-state index in [1.54, 1.807) is 12.1 Å². The molecule has 1 aromatic carbocycles. The van der Waals surface area contributed by atoms with Crippen molar-refractivity contribution in [2.75, 3.05) is 42.6 Å². The van der Waals surface area contributed by atoms with E-state index in [0.29, 0.717) is 18.7 Å². The van der Waals surface area contributed by atoms with E-state index in [9.17, 15) is 13.2 Å². The first-order valence-corrected chi connectivity index (χ1v) is 12.8. The summed E-state index contributed by atoms with van der Waals surface area (Å²) in [6.45, 7) is 6.29. The molecule has 2 saturated heterocycles. The lowest BCUT2D eigenvalue weighted by Gasteiger charge is -2.26. The van der Waals surface area contributed by atoms with Gasteiger partial charge in [0.05, 0.1) is 10.5 Å². The minimum atomic E-state index is -3.60. The molecule has 0 aromatic heterocycles. The molecule has 2 heterocycles. The smallest absolute Gasteiger partial charge is 0.253 e. The van der Waals surface area contributed by atoms with Crippen molar-refractivity contribution in [3.63, 3.8) is 0 Å². The van der Waals surface area contributed by atoms with Crippen LogP contribution in [0.2, 0.25) is 0 Å². The van der Waals surface area contributed by atoms with E-state index < -0.39 is 10.0 Å². The molecule has 1 amide bonds. The van der Waals surface area contributed by atoms with E-state index in [0.717, 1.165) is 56.0 Å². The molecule has 0 aliphatic carbocycles. The highest BCUT2D eigenvalue weighted by molar-refractivity contribution is 7.99. The first-order valence-electron chi connectivity index (χ1n) is 10.2. The average Bonchev–Trinajstić information content (AvgIpc) is 3.23. The van der Waals surface area contributed by atoms with Crippen molar-refractivity contribution in [3.8, 4) is 0 Å². The molecular weight excluding hydrogens is 394 g/mol. The van der Waals surface area contributed by atoms with Crippen LogP contribution in [0.15, 0.2) is 23.1 Å². The van der Waals surface area contributed by atoms with E-state index in [1.165, 1.54) is 4.31 Å². The molecule has 0 atom stereocenters. The third-order valence-electron chi connectivity index (χ3n) is 5.56. The van der Waals surface area contributed by atoms with Crippen LogP contribution in [0.25, 0.3) is 0 Å². The quantitative estimate of drug-likeness (QED) is 0.727. The van der Waals surface area contributed by atoms with Crippen molar-refractivity contribution in [1.29, 1.82) is 0 Å². The second-order valence-corrected chi connectivity index (χ2v) is 10.5. The predicted molar refractivity (Wildman–Crippen MR) is 116 cm³/mol. The van der Waals surface area contributed by atoms with Gasteiger partial charge in [0.25, 0.3) is 5.91 Å². The molecule has 0 spiro atoms. The van der Waals surface area contributed by atoms with Gasteiger partial charge in [0.1, 0.15) is 0 Å². The summed E-state index contributed by atoms with van der Waals surface area (Å²) in [6.07, 6.45) is 4.13. The minimum Gasteiger partial charge on any atom is -0.371 e. The third-order valence-corrected chi connectivity index (χ3v) is 8.65. The van der Waals surface area contributed by atoms with Gasteiger partial charge in [0, 0.05) is 37.9 Å². The summed E-state index contributed by atoms with van der Waals surface area (Å²) in [5.41, 5.74) is 1.33. The van der Waals surface area contributed by atoms with Crippen LogP contribution < -0.4 is 10.2 Å². The van der Waals surface area contributed by atoms with Gasteiger partial charge in [-0.2, -0.15) is 16.1 Å². The standard InChI is InChI=1S/C20H31N3O3S2/c1-3-23(4-2)28(25,26)17-7-8-19(22-11-5-6-12-22)18(15-17)20(24)21-16-9-13-27-14-10-16/h7-8,15-16H,3-6,9-14H2,1-2H3,(H,21,24). The molecule has 0 saturated carbocycles. The van der Waals surface area contributed by atoms with Crippen molar-refractivity contribution in [2.45, 2.75) is 50.5 Å². The maximum Gasteiger partial charge on any atom is 0.253 e. The Morgan fingerprint density at radius 2 is 1.82 bits per heavy atom. The average molecular weight is 426 g/mol. The van der Waals surface area contributed by atoms with Crippen molar-refractivity contribution in [1.82, 2.24) is 9.62 Å². The van der Waals surface area contributed by atoms with Crippen LogP contribution in [-0.4, -0.2) is 62.4 Å². The molecule has 1 aromatic rings. The molecule has 0 bridgehead atoms. The van der Waals surface area contributed by atoms with Gasteiger partial charge in [-0.25, -0.2) is 8.42 Å². The predicted octanol–water partition coefficient (Wildman–Crippen LogP) is 2.94. The number of benzene rings is 1. The summed E-state index contributed by atoms with van der Waals surface area (Å²) in [5, 5.41) is 3.15. The van der Waals surface area contributed by atoms with Gasteiger partial charge in [-0.1, -0.05) is 13.8 Å². The van der Waals surface area contributed by atoms with E-state index in [1.807, 2.05) is 31.7 Å². The number of nitrogens with one attached hydrogen (secondary N) is 1. The fraction of sp³-hybridized carbons (Fsp3) is 0.650. The zero-order valence-corrected chi connectivity index (χ0v) is 18.4. The lowest BCUT2D eigenvalue weighted by Crippen LogP contribution is -2.38. The van der Waals surface area contributed by atoms with Crippen LogP contribution in [0.5, 0.6) is 0 Å². The molecule has 0 unspecified atom stereocenters. The summed E-state index contributed by atoms with van der Waals surface area (Å²) in [5.74, 6) is 1.95. The number of carbonyl (C=O) groups excluding carboxylic acids is 1. The molecule has 28 heavy (non-hydrogen) atoms. The largest absolute Gasteiger partial charge is 0.371 e. The maximum absolute atomic E-state index is 13.1. The fourth-order valence-electron chi connectivity index (χ4n) is 3.91. The van der Waals surface area contributed by atoms with Crippen LogP contribution >= 0.6 is 11.8 Å². The summed E-state index contributed by atoms with van der Waals surface area (Å²) in [4.78, 5) is 15.5. The van der Waals surface area contributed by atoms with E-state index in [-0.39, 0.29) is 16.8 Å². The maximum atomic E-state index is 13.1. The van der Waals surface area contributed by atoms with Gasteiger partial charge in [-0.15, -0.1) is 0 Å². The molecule has 2 aliphatic heterocycles. The Morgan fingerprint density at radius 3 is 2.43 bits per heavy atom. The Morgan fingerprint density at radius 1 is 1.18 bits per heavy atom. The van der Waals surface area contributed by atoms with Crippen LogP contribution in [-0.2, 0) is 10.0 Å². The van der Waals surface area contributed by atoms with Crippen LogP contribution in [0, 0.1) is 0 Å². The molecular formula is C20H31N3O3S2. The van der Waals surface area contributed by atoms with E-state index >= 15 is 0 Å². The number of thioether (sulfide) groups is 1. The topological polar surface area (TPSA) is 69.7 Å². The number of carbonyl (C=O) groups is 1. The van der Waals surface area contributed by atoms with Gasteiger partial charge in [-0.05, 0) is 55.4 Å². The molecule has 2 fully saturated rings. The summed E-state index contributed by atoms with van der Waals surface area (Å²) in [7, 11) is -3.60. The van der Waals surface area contributed by atoms with Crippen molar-refractivity contribution < 1.29 is 13.2 Å². The molecule has 156 valence electrons. The number of hydrogen-bond acceptors (Lipinski definition) is 5. The monoisotopic (exact) mass is 425 g/mol. The molecule has 6 nitrogen and oxygen atoms in total. The van der Waals surface area contributed by atoms with Gasteiger partial charge < -0.3 is 10.2 Å². The number of amides is 1. The second kappa shape index (κ2) is 9.50. The van der Waals surface area contributed by atoms with Crippen LogP contribution in [0.4, 0.5) is 5.69 Å². The lowest BCUT2D eigenvalue weighted by molar-refractivity contribution is 0.0935. The van der Waals surface area contributed by atoms with Gasteiger partial charge >= 0.3 is 0 Å². The van der Waals surface area contributed by atoms with E-state index in [2.05, 4.69) is 10.2 Å². The van der Waals surface area contributed by atoms with Crippen LogP contribution in [0.3, 0.4) is 0 Å². The molecule has 0 radical (unpaired) electrons. The second-order valence-electron chi connectivity index (χ2n) is 7.32. The first-order chi connectivity index (χ1) is 13.5. The zero-order valence-electron chi connectivity index (χ0n) is 16.8. The van der Waals surface area contributed by atoms with Gasteiger partial charge in [-0.3, -0.25) is 4.79 Å². The normalized spacial score (nSPS) is 18.6. The Hall–Kier alpha value is -1.25. The summed E-state index contributed by atoms with van der Waals surface area (Å²) < 4.78 is 27.4. The van der Waals surface area contributed by atoms with Gasteiger partial charge in [0.15, 0.2) is 0 Å². The lowest BCUT2D eigenvalue weighted by atomic mass is 10.1. The number of hydrogen-bond donors (Lipinski definition) is 1. The Balaban J connectivity index is 1.94. The third kappa shape index (κ3) is 4.66. The highest BCUT2D eigenvalue weighted by atomic mass is 32.2. The molecule has 1 N–H and O–H groups in total. The van der Waals surface area contributed by atoms with Crippen LogP contribution in [0.1, 0.15) is 49.9 Å². The Labute approximate surface area is 173 Å². The fourth-order valence-corrected chi connectivity index (χ4v) is 6.50. The highest BCUT2D eigenvalue weighted by Gasteiger charge is 2.27. The van der Waals surface area contributed by atoms with E-state index in [4.69, 9.17) is 0 Å². The number of anilines is 1. The number of nitrogens with zero attached hydrogens (tertiary/aromatic N) is 2. The summed E-state index contributed by atoms with van der Waals surface area (Å²) in [6, 6.07) is 5.21. The Bertz CT molecular complexity index is 782. The minimum absolute atomic E-state index is 0.157.